The molecule has 2 aromatic rings. The molecule has 2 rings (SSSR count). The lowest BCUT2D eigenvalue weighted by Gasteiger charge is -2.13. The van der Waals surface area contributed by atoms with Gasteiger partial charge in [-0.25, -0.2) is 4.39 Å². The lowest BCUT2D eigenvalue weighted by molar-refractivity contribution is 0.506. The molecule has 1 aromatic heterocycles. The van der Waals surface area contributed by atoms with Gasteiger partial charge in [-0.3, -0.25) is 4.68 Å². The van der Waals surface area contributed by atoms with E-state index < -0.39 is 0 Å². The average Bonchev–Trinajstić information content (AvgIpc) is 2.77. The zero-order valence-corrected chi connectivity index (χ0v) is 9.10. The number of halogens is 1. The van der Waals surface area contributed by atoms with Crippen molar-refractivity contribution in [3.05, 3.63) is 42.3 Å². The molecule has 1 unspecified atom stereocenters. The second-order valence-electron chi connectivity index (χ2n) is 3.76. The SMILES string of the molecule is CC(CN)n1nccc1-c1cccc(F)c1. The highest BCUT2D eigenvalue weighted by atomic mass is 19.1. The zero-order chi connectivity index (χ0) is 11.5. The maximum atomic E-state index is 13.1. The topological polar surface area (TPSA) is 43.8 Å². The van der Waals surface area contributed by atoms with Crippen molar-refractivity contribution in [2.45, 2.75) is 13.0 Å². The van der Waals surface area contributed by atoms with E-state index in [1.165, 1.54) is 12.1 Å². The van der Waals surface area contributed by atoms with Gasteiger partial charge < -0.3 is 5.73 Å². The molecule has 0 amide bonds. The molecule has 0 fully saturated rings. The van der Waals surface area contributed by atoms with E-state index >= 15 is 0 Å². The average molecular weight is 219 g/mol. The maximum Gasteiger partial charge on any atom is 0.123 e. The van der Waals surface area contributed by atoms with E-state index in [9.17, 15) is 4.39 Å². The van der Waals surface area contributed by atoms with Crippen LogP contribution in [0.5, 0.6) is 0 Å². The third kappa shape index (κ3) is 1.97. The first-order valence-corrected chi connectivity index (χ1v) is 5.22. The minimum absolute atomic E-state index is 0.105. The quantitative estimate of drug-likeness (QED) is 0.860. The molecule has 0 aliphatic carbocycles. The van der Waals surface area contributed by atoms with Gasteiger partial charge in [0.15, 0.2) is 0 Å². The number of rotatable bonds is 3. The molecule has 0 bridgehead atoms. The van der Waals surface area contributed by atoms with Crippen LogP contribution >= 0.6 is 0 Å². The van der Waals surface area contributed by atoms with Crippen molar-refractivity contribution in [3.8, 4) is 11.3 Å². The Hall–Kier alpha value is -1.68. The molecule has 0 saturated heterocycles. The third-order valence-corrected chi connectivity index (χ3v) is 2.55. The molecule has 2 N–H and O–H groups in total. The van der Waals surface area contributed by atoms with Crippen LogP contribution < -0.4 is 5.73 Å². The molecule has 1 heterocycles. The summed E-state index contributed by atoms with van der Waals surface area (Å²) in [5, 5.41) is 4.21. The van der Waals surface area contributed by atoms with Crippen molar-refractivity contribution in [1.29, 1.82) is 0 Å². The van der Waals surface area contributed by atoms with Crippen LogP contribution in [0.3, 0.4) is 0 Å². The summed E-state index contributed by atoms with van der Waals surface area (Å²) in [5.74, 6) is -0.245. The fraction of sp³-hybridized carbons (Fsp3) is 0.250. The molecule has 0 aliphatic heterocycles. The van der Waals surface area contributed by atoms with Crippen LogP contribution in [0.15, 0.2) is 36.5 Å². The summed E-state index contributed by atoms with van der Waals surface area (Å²) in [6.07, 6.45) is 1.70. The second-order valence-corrected chi connectivity index (χ2v) is 3.76. The number of hydrogen-bond acceptors (Lipinski definition) is 2. The van der Waals surface area contributed by atoms with Gasteiger partial charge in [0.1, 0.15) is 5.82 Å². The van der Waals surface area contributed by atoms with Gasteiger partial charge in [-0.05, 0) is 25.1 Å². The number of aromatic nitrogens is 2. The van der Waals surface area contributed by atoms with Gasteiger partial charge in [-0.2, -0.15) is 5.10 Å². The van der Waals surface area contributed by atoms with Crippen LogP contribution in [0, 0.1) is 5.82 Å². The number of nitrogens with two attached hydrogens (primary N) is 1. The summed E-state index contributed by atoms with van der Waals surface area (Å²) in [6, 6.07) is 8.44. The Labute approximate surface area is 93.7 Å². The minimum atomic E-state index is -0.245. The smallest absolute Gasteiger partial charge is 0.123 e. The summed E-state index contributed by atoms with van der Waals surface area (Å²) in [5.41, 5.74) is 7.31. The van der Waals surface area contributed by atoms with Crippen molar-refractivity contribution < 1.29 is 4.39 Å². The Morgan fingerprint density at radius 1 is 1.44 bits per heavy atom. The van der Waals surface area contributed by atoms with E-state index in [4.69, 9.17) is 5.73 Å². The zero-order valence-electron chi connectivity index (χ0n) is 9.10. The van der Waals surface area contributed by atoms with E-state index in [1.54, 1.807) is 12.3 Å². The van der Waals surface area contributed by atoms with Gasteiger partial charge in [-0.1, -0.05) is 12.1 Å². The van der Waals surface area contributed by atoms with Crippen LogP contribution in [-0.4, -0.2) is 16.3 Å². The van der Waals surface area contributed by atoms with Crippen molar-refractivity contribution in [2.24, 2.45) is 5.73 Å². The minimum Gasteiger partial charge on any atom is -0.328 e. The fourth-order valence-corrected chi connectivity index (χ4v) is 1.64. The van der Waals surface area contributed by atoms with Crippen LogP contribution in [0.2, 0.25) is 0 Å². The molecule has 1 atom stereocenters. The van der Waals surface area contributed by atoms with E-state index in [0.29, 0.717) is 6.54 Å². The first-order chi connectivity index (χ1) is 7.72. The maximum absolute atomic E-state index is 13.1. The number of benzene rings is 1. The van der Waals surface area contributed by atoms with Crippen molar-refractivity contribution >= 4 is 0 Å². The standard InChI is InChI=1S/C12H14FN3/c1-9(8-14)16-12(5-6-15-16)10-3-2-4-11(13)7-10/h2-7,9H,8,14H2,1H3. The highest BCUT2D eigenvalue weighted by Gasteiger charge is 2.10. The van der Waals surface area contributed by atoms with E-state index in [-0.39, 0.29) is 11.9 Å². The molecule has 3 nitrogen and oxygen atoms in total. The Morgan fingerprint density at radius 2 is 2.25 bits per heavy atom. The van der Waals surface area contributed by atoms with Crippen molar-refractivity contribution in [3.63, 3.8) is 0 Å². The van der Waals surface area contributed by atoms with Gasteiger partial charge in [0, 0.05) is 18.3 Å². The molecule has 4 heteroatoms. The van der Waals surface area contributed by atoms with E-state index in [0.717, 1.165) is 11.3 Å². The molecular formula is C12H14FN3. The van der Waals surface area contributed by atoms with Gasteiger partial charge in [-0.15, -0.1) is 0 Å². The summed E-state index contributed by atoms with van der Waals surface area (Å²) in [4.78, 5) is 0. The van der Waals surface area contributed by atoms with Gasteiger partial charge in [0.2, 0.25) is 0 Å². The first-order valence-electron chi connectivity index (χ1n) is 5.22. The van der Waals surface area contributed by atoms with Crippen LogP contribution in [0.4, 0.5) is 4.39 Å². The molecule has 1 aromatic carbocycles. The lowest BCUT2D eigenvalue weighted by atomic mass is 10.1. The van der Waals surface area contributed by atoms with Crippen molar-refractivity contribution in [1.82, 2.24) is 9.78 Å². The highest BCUT2D eigenvalue weighted by molar-refractivity contribution is 5.59. The lowest BCUT2D eigenvalue weighted by Crippen LogP contribution is -2.17. The number of nitrogens with zero attached hydrogens (tertiary/aromatic N) is 2. The second kappa shape index (κ2) is 4.45. The van der Waals surface area contributed by atoms with Gasteiger partial charge in [0.25, 0.3) is 0 Å². The summed E-state index contributed by atoms with van der Waals surface area (Å²) in [7, 11) is 0. The first kappa shape index (κ1) is 10.8. The van der Waals surface area contributed by atoms with E-state index in [2.05, 4.69) is 5.10 Å². The fourth-order valence-electron chi connectivity index (χ4n) is 1.64. The van der Waals surface area contributed by atoms with Gasteiger partial charge in [0.05, 0.1) is 11.7 Å². The predicted molar refractivity (Wildman–Crippen MR) is 61.4 cm³/mol. The highest BCUT2D eigenvalue weighted by Crippen LogP contribution is 2.22. The molecular weight excluding hydrogens is 205 g/mol. The molecule has 84 valence electrons. The van der Waals surface area contributed by atoms with Crippen LogP contribution in [0.25, 0.3) is 11.3 Å². The van der Waals surface area contributed by atoms with Gasteiger partial charge >= 0.3 is 0 Å². The summed E-state index contributed by atoms with van der Waals surface area (Å²) < 4.78 is 14.9. The monoisotopic (exact) mass is 219 g/mol. The Bertz CT molecular complexity index is 479. The Kier molecular flexibility index (Phi) is 3.01. The Balaban J connectivity index is 2.44. The summed E-state index contributed by atoms with van der Waals surface area (Å²) >= 11 is 0. The third-order valence-electron chi connectivity index (χ3n) is 2.55. The van der Waals surface area contributed by atoms with Crippen LogP contribution in [-0.2, 0) is 0 Å². The summed E-state index contributed by atoms with van der Waals surface area (Å²) in [6.45, 7) is 2.49. The predicted octanol–water partition coefficient (Wildman–Crippen LogP) is 2.21. The molecule has 0 spiro atoms. The van der Waals surface area contributed by atoms with E-state index in [1.807, 2.05) is 23.7 Å². The molecule has 16 heavy (non-hydrogen) atoms. The molecule has 0 saturated carbocycles. The molecule has 0 radical (unpaired) electrons. The van der Waals surface area contributed by atoms with Crippen molar-refractivity contribution in [2.75, 3.05) is 6.54 Å². The molecule has 0 aliphatic rings. The number of hydrogen-bond donors (Lipinski definition) is 1. The largest absolute Gasteiger partial charge is 0.328 e. The van der Waals surface area contributed by atoms with Crippen LogP contribution in [0.1, 0.15) is 13.0 Å². The Morgan fingerprint density at radius 3 is 2.94 bits per heavy atom. The normalized spacial score (nSPS) is 12.7.